The van der Waals surface area contributed by atoms with Crippen molar-refractivity contribution in [1.82, 2.24) is 15.5 Å². The number of amides is 1. The molecule has 5 heteroatoms. The van der Waals surface area contributed by atoms with Gasteiger partial charge < -0.3 is 10.6 Å². The lowest BCUT2D eigenvalue weighted by molar-refractivity contribution is -0.126. The van der Waals surface area contributed by atoms with Gasteiger partial charge in [0.1, 0.15) is 0 Å². The number of carbonyl (C=O) groups is 1. The van der Waals surface area contributed by atoms with Gasteiger partial charge in [-0.1, -0.05) is 6.92 Å². The number of piperidine rings is 1. The van der Waals surface area contributed by atoms with Gasteiger partial charge in [0.25, 0.3) is 0 Å². The molecule has 4 nitrogen and oxygen atoms in total. The highest BCUT2D eigenvalue weighted by Gasteiger charge is 2.30. The Kier molecular flexibility index (Phi) is 7.11. The molecule has 2 fully saturated rings. The first-order valence-electron chi connectivity index (χ1n) is 7.45. The number of carbonyl (C=O) groups excluding carboxylic acids is 1. The minimum Gasteiger partial charge on any atom is -0.352 e. The summed E-state index contributed by atoms with van der Waals surface area (Å²) in [5, 5.41) is 6.52. The van der Waals surface area contributed by atoms with Crippen LogP contribution in [0.4, 0.5) is 0 Å². The topological polar surface area (TPSA) is 44.4 Å². The van der Waals surface area contributed by atoms with E-state index < -0.39 is 0 Å². The van der Waals surface area contributed by atoms with Crippen molar-refractivity contribution in [2.45, 2.75) is 51.6 Å². The van der Waals surface area contributed by atoms with Gasteiger partial charge >= 0.3 is 0 Å². The summed E-state index contributed by atoms with van der Waals surface area (Å²) < 4.78 is 0. The van der Waals surface area contributed by atoms with Gasteiger partial charge in [0.05, 0.1) is 6.04 Å². The molecule has 2 aliphatic rings. The van der Waals surface area contributed by atoms with E-state index in [1.807, 2.05) is 6.92 Å². The first kappa shape index (κ1) is 16.7. The Morgan fingerprint density at radius 3 is 2.42 bits per heavy atom. The van der Waals surface area contributed by atoms with Crippen LogP contribution in [0.3, 0.4) is 0 Å². The molecule has 0 aromatic carbocycles. The number of rotatable bonds is 6. The summed E-state index contributed by atoms with van der Waals surface area (Å²) in [4.78, 5) is 14.3. The molecular weight excluding hydrogens is 262 g/mol. The van der Waals surface area contributed by atoms with Gasteiger partial charge in [-0.2, -0.15) is 0 Å². The first-order valence-corrected chi connectivity index (χ1v) is 7.45. The molecule has 1 unspecified atom stereocenters. The molecule has 0 bridgehead atoms. The summed E-state index contributed by atoms with van der Waals surface area (Å²) in [7, 11) is 0. The molecule has 1 heterocycles. The average molecular weight is 290 g/mol. The summed E-state index contributed by atoms with van der Waals surface area (Å²) in [5.41, 5.74) is 0. The van der Waals surface area contributed by atoms with Gasteiger partial charge in [0.15, 0.2) is 0 Å². The molecule has 19 heavy (non-hydrogen) atoms. The van der Waals surface area contributed by atoms with E-state index >= 15 is 0 Å². The lowest BCUT2D eigenvalue weighted by Gasteiger charge is -2.35. The minimum absolute atomic E-state index is 0. The maximum atomic E-state index is 12.0. The fraction of sp³-hybridized carbons (Fsp3) is 0.929. The van der Waals surface area contributed by atoms with Crippen LogP contribution in [0.2, 0.25) is 0 Å². The molecule has 1 saturated carbocycles. The number of nitrogens with zero attached hydrogens (tertiary/aromatic N) is 1. The van der Waals surface area contributed by atoms with Crippen molar-refractivity contribution in [1.29, 1.82) is 0 Å². The number of hydrogen-bond acceptors (Lipinski definition) is 3. The third-order valence-corrected chi connectivity index (χ3v) is 4.18. The summed E-state index contributed by atoms with van der Waals surface area (Å²) in [6.07, 6.45) is 4.77. The maximum absolute atomic E-state index is 12.0. The fourth-order valence-corrected chi connectivity index (χ4v) is 2.61. The van der Waals surface area contributed by atoms with Crippen molar-refractivity contribution in [3.8, 4) is 0 Å². The summed E-state index contributed by atoms with van der Waals surface area (Å²) in [6, 6.07) is 0.525. The number of nitrogens with one attached hydrogen (secondary N) is 2. The fourth-order valence-electron chi connectivity index (χ4n) is 2.61. The van der Waals surface area contributed by atoms with Crippen LogP contribution in [-0.4, -0.2) is 49.1 Å². The zero-order chi connectivity index (χ0) is 13.0. The van der Waals surface area contributed by atoms with Crippen LogP contribution in [0.25, 0.3) is 0 Å². The van der Waals surface area contributed by atoms with Gasteiger partial charge in [-0.05, 0) is 64.7 Å². The molecule has 1 aliphatic carbocycles. The van der Waals surface area contributed by atoms with Crippen molar-refractivity contribution < 1.29 is 4.79 Å². The van der Waals surface area contributed by atoms with Crippen LogP contribution in [-0.2, 0) is 4.79 Å². The van der Waals surface area contributed by atoms with E-state index in [-0.39, 0.29) is 24.4 Å². The normalized spacial score (nSPS) is 22.6. The van der Waals surface area contributed by atoms with Crippen LogP contribution < -0.4 is 10.6 Å². The molecule has 1 amide bonds. The Bertz CT molecular complexity index is 276. The van der Waals surface area contributed by atoms with E-state index in [0.717, 1.165) is 32.1 Å². The Hall–Kier alpha value is -0.320. The van der Waals surface area contributed by atoms with Crippen molar-refractivity contribution in [3.63, 3.8) is 0 Å². The molecule has 2 rings (SSSR count). The van der Waals surface area contributed by atoms with Crippen LogP contribution in [0.15, 0.2) is 0 Å². The molecule has 0 spiro atoms. The van der Waals surface area contributed by atoms with Crippen molar-refractivity contribution in [3.05, 3.63) is 0 Å². The molecular formula is C14H28ClN3O. The van der Waals surface area contributed by atoms with Crippen molar-refractivity contribution in [2.24, 2.45) is 5.92 Å². The Balaban J connectivity index is 0.00000180. The number of likely N-dealkylation sites (tertiary alicyclic amines) is 1. The minimum atomic E-state index is 0. The maximum Gasteiger partial charge on any atom is 0.237 e. The van der Waals surface area contributed by atoms with E-state index in [0.29, 0.717) is 6.04 Å². The largest absolute Gasteiger partial charge is 0.352 e. The zero-order valence-corrected chi connectivity index (χ0v) is 13.0. The predicted molar refractivity (Wildman–Crippen MR) is 80.7 cm³/mol. The second-order valence-electron chi connectivity index (χ2n) is 5.75. The highest BCUT2D eigenvalue weighted by atomic mass is 35.5. The van der Waals surface area contributed by atoms with Gasteiger partial charge in [-0.3, -0.25) is 9.69 Å². The summed E-state index contributed by atoms with van der Waals surface area (Å²) in [5.74, 6) is 1.02. The molecule has 2 N–H and O–H groups in total. The van der Waals surface area contributed by atoms with Crippen LogP contribution in [0, 0.1) is 5.92 Å². The van der Waals surface area contributed by atoms with Crippen molar-refractivity contribution in [2.75, 3.05) is 26.2 Å². The van der Waals surface area contributed by atoms with Crippen LogP contribution in [0.5, 0.6) is 0 Å². The monoisotopic (exact) mass is 289 g/mol. The van der Waals surface area contributed by atoms with E-state index in [1.165, 1.54) is 25.7 Å². The molecule has 0 aromatic heterocycles. The molecule has 0 aromatic rings. The van der Waals surface area contributed by atoms with Crippen molar-refractivity contribution >= 4 is 18.3 Å². The molecule has 112 valence electrons. The SMILES string of the molecule is CCNCC1CCN(C(C)C(=O)NC2CC2)CC1.Cl. The van der Waals surface area contributed by atoms with Gasteiger partial charge in [0.2, 0.25) is 5.91 Å². The van der Waals surface area contributed by atoms with E-state index in [2.05, 4.69) is 22.5 Å². The lowest BCUT2D eigenvalue weighted by Crippen LogP contribution is -2.49. The quantitative estimate of drug-likeness (QED) is 0.777. The highest BCUT2D eigenvalue weighted by Crippen LogP contribution is 2.21. The third kappa shape index (κ3) is 5.28. The average Bonchev–Trinajstić information content (AvgIpc) is 3.20. The second-order valence-corrected chi connectivity index (χ2v) is 5.75. The molecule has 1 aliphatic heterocycles. The number of halogens is 1. The summed E-state index contributed by atoms with van der Waals surface area (Å²) >= 11 is 0. The smallest absolute Gasteiger partial charge is 0.237 e. The first-order chi connectivity index (χ1) is 8.70. The third-order valence-electron chi connectivity index (χ3n) is 4.18. The van der Waals surface area contributed by atoms with E-state index in [1.54, 1.807) is 0 Å². The van der Waals surface area contributed by atoms with Gasteiger partial charge in [0, 0.05) is 6.04 Å². The molecule has 1 saturated heterocycles. The molecule has 1 atom stereocenters. The second kappa shape index (κ2) is 8.08. The number of hydrogen-bond donors (Lipinski definition) is 2. The lowest BCUT2D eigenvalue weighted by atomic mass is 9.95. The Morgan fingerprint density at radius 1 is 1.26 bits per heavy atom. The molecule has 0 radical (unpaired) electrons. The standard InChI is InChI=1S/C14H27N3O.ClH/c1-3-15-10-12-6-8-17(9-7-12)11(2)14(18)16-13-4-5-13;/h11-13,15H,3-10H2,1-2H3,(H,16,18);1H. The van der Waals surface area contributed by atoms with Gasteiger partial charge in [-0.15, -0.1) is 12.4 Å². The van der Waals surface area contributed by atoms with Gasteiger partial charge in [-0.25, -0.2) is 0 Å². The van der Waals surface area contributed by atoms with E-state index in [9.17, 15) is 4.79 Å². The Morgan fingerprint density at radius 2 is 1.89 bits per heavy atom. The highest BCUT2D eigenvalue weighted by molar-refractivity contribution is 5.85. The van der Waals surface area contributed by atoms with Crippen LogP contribution in [0.1, 0.15) is 39.5 Å². The van der Waals surface area contributed by atoms with E-state index in [4.69, 9.17) is 0 Å². The predicted octanol–water partition coefficient (Wildman–Crippen LogP) is 1.40. The van der Waals surface area contributed by atoms with Crippen LogP contribution >= 0.6 is 12.4 Å². The summed E-state index contributed by atoms with van der Waals surface area (Å²) in [6.45, 7) is 8.51. The Labute approximate surface area is 123 Å². The zero-order valence-electron chi connectivity index (χ0n) is 12.2.